The summed E-state index contributed by atoms with van der Waals surface area (Å²) in [5, 5.41) is 13.9. The number of benzene rings is 2. The van der Waals surface area contributed by atoms with Gasteiger partial charge in [-0.2, -0.15) is 18.7 Å². The number of anilines is 1. The second-order valence-electron chi connectivity index (χ2n) is 11.5. The van der Waals surface area contributed by atoms with Crippen molar-refractivity contribution in [2.75, 3.05) is 11.6 Å². The Morgan fingerprint density at radius 1 is 1.10 bits per heavy atom. The fourth-order valence-corrected chi connectivity index (χ4v) is 6.17. The Hall–Kier alpha value is -3.64. The van der Waals surface area contributed by atoms with E-state index in [1.807, 2.05) is 35.9 Å². The van der Waals surface area contributed by atoms with Crippen LogP contribution in [0, 0.1) is 5.41 Å². The van der Waals surface area contributed by atoms with Gasteiger partial charge in [0.15, 0.2) is 0 Å². The zero-order valence-electron chi connectivity index (χ0n) is 22.5. The number of hydrazine groups is 2. The summed E-state index contributed by atoms with van der Waals surface area (Å²) in [6.07, 6.45) is -3.52. The Kier molecular flexibility index (Phi) is 7.03. The third-order valence-corrected chi connectivity index (χ3v) is 7.67. The number of piperidine rings is 1. The molecule has 12 heteroatoms. The lowest BCUT2D eigenvalue weighted by atomic mass is 9.68. The number of amidine groups is 1. The summed E-state index contributed by atoms with van der Waals surface area (Å²) in [6.45, 7) is 5.83. The molecule has 1 aliphatic carbocycles. The van der Waals surface area contributed by atoms with Gasteiger partial charge in [0.1, 0.15) is 11.4 Å². The monoisotopic (exact) mass is 559 g/mol. The van der Waals surface area contributed by atoms with Gasteiger partial charge in [0.05, 0.1) is 17.1 Å². The Morgan fingerprint density at radius 2 is 1.80 bits per heavy atom. The van der Waals surface area contributed by atoms with Crippen LogP contribution < -0.4 is 10.5 Å². The lowest BCUT2D eigenvalue weighted by molar-refractivity contribution is -0.132. The van der Waals surface area contributed by atoms with Crippen LogP contribution in [0.5, 0.6) is 0 Å². The molecule has 1 spiro atoms. The average molecular weight is 560 g/mol. The molecule has 1 saturated heterocycles. The van der Waals surface area contributed by atoms with Crippen LogP contribution in [0.1, 0.15) is 69.5 Å². The molecule has 2 heterocycles. The number of hydrazone groups is 1. The van der Waals surface area contributed by atoms with Crippen LogP contribution in [0.4, 0.5) is 23.7 Å². The lowest BCUT2D eigenvalue weighted by Crippen LogP contribution is -2.51. The lowest BCUT2D eigenvalue weighted by Gasteiger charge is -2.47. The first-order valence-corrected chi connectivity index (χ1v) is 13.2. The molecule has 2 N–H and O–H groups in total. The molecule has 3 atom stereocenters. The Morgan fingerprint density at radius 3 is 2.48 bits per heavy atom. The molecule has 0 radical (unpaired) electrons. The van der Waals surface area contributed by atoms with E-state index < -0.39 is 35.2 Å². The molecule has 0 bridgehead atoms. The minimum atomic E-state index is -4.82. The summed E-state index contributed by atoms with van der Waals surface area (Å²) < 4.78 is 46.3. The molecule has 1 amide bonds. The van der Waals surface area contributed by atoms with Gasteiger partial charge in [-0.05, 0) is 69.2 Å². The number of hydrogen-bond donors (Lipinski definition) is 2. The van der Waals surface area contributed by atoms with E-state index in [1.165, 1.54) is 12.1 Å². The number of halogens is 3. The quantitative estimate of drug-likeness (QED) is 0.498. The molecule has 214 valence electrons. The first-order chi connectivity index (χ1) is 18.8. The second-order valence-corrected chi connectivity index (χ2v) is 11.5. The maximum atomic E-state index is 13.9. The van der Waals surface area contributed by atoms with Crippen LogP contribution in [-0.4, -0.2) is 51.4 Å². The van der Waals surface area contributed by atoms with E-state index in [9.17, 15) is 28.0 Å². The number of likely N-dealkylation sites (tertiary alicyclic amines) is 1. The summed E-state index contributed by atoms with van der Waals surface area (Å²) in [5.74, 6) is -1.61. The van der Waals surface area contributed by atoms with E-state index in [4.69, 9.17) is 4.74 Å². The van der Waals surface area contributed by atoms with Gasteiger partial charge >= 0.3 is 12.3 Å². The molecule has 5 rings (SSSR count). The fourth-order valence-electron chi connectivity index (χ4n) is 6.17. The zero-order chi connectivity index (χ0) is 28.9. The standard InChI is InChI=1S/C28H32F3N5O4/c1-26(2,3)40-25(38)34-14-8-13-27(23(34)18-9-5-4-6-10-18)17-20(16-22(27)37)19-11-7-12-21(15-19)35-24(28(29,30)31)32-33-36(35)39/h4-7,9-12,15,20,23,33,39H,8,13-14,16-17H2,1-3H3. The van der Waals surface area contributed by atoms with Crippen molar-refractivity contribution in [1.29, 1.82) is 0 Å². The number of carbonyl (C=O) groups excluding carboxylic acids is 2. The number of nitrogens with zero attached hydrogens (tertiary/aromatic N) is 4. The molecule has 2 aromatic rings. The zero-order valence-corrected chi connectivity index (χ0v) is 22.5. The summed E-state index contributed by atoms with van der Waals surface area (Å²) in [6, 6.07) is 15.2. The van der Waals surface area contributed by atoms with E-state index in [1.54, 1.807) is 37.8 Å². The number of hydrogen-bond acceptors (Lipinski definition) is 8. The Balaban J connectivity index is 1.49. The van der Waals surface area contributed by atoms with E-state index in [2.05, 4.69) is 5.10 Å². The molecule has 40 heavy (non-hydrogen) atoms. The molecule has 9 nitrogen and oxygen atoms in total. The van der Waals surface area contributed by atoms with Gasteiger partial charge in [-0.3, -0.25) is 10.0 Å². The van der Waals surface area contributed by atoms with Crippen molar-refractivity contribution in [2.45, 2.75) is 70.2 Å². The van der Waals surface area contributed by atoms with Crippen molar-refractivity contribution < 1.29 is 32.7 Å². The highest BCUT2D eigenvalue weighted by Crippen LogP contribution is 2.57. The first kappa shape index (κ1) is 27.9. The fraction of sp³-hybridized carbons (Fsp3) is 0.464. The number of rotatable bonds is 3. The van der Waals surface area contributed by atoms with E-state index in [0.717, 1.165) is 5.56 Å². The predicted molar refractivity (Wildman–Crippen MR) is 140 cm³/mol. The maximum absolute atomic E-state index is 13.9. The molecular formula is C28H32F3N5O4. The van der Waals surface area contributed by atoms with E-state index in [-0.39, 0.29) is 29.1 Å². The average Bonchev–Trinajstić information content (AvgIpc) is 3.44. The molecule has 3 aliphatic rings. The van der Waals surface area contributed by atoms with E-state index >= 15 is 0 Å². The second kappa shape index (κ2) is 10.1. The van der Waals surface area contributed by atoms with Crippen LogP contribution in [0.2, 0.25) is 0 Å². The molecule has 2 fully saturated rings. The third kappa shape index (κ3) is 5.13. The Labute approximate surface area is 230 Å². The molecule has 2 aliphatic heterocycles. The van der Waals surface area contributed by atoms with Gasteiger partial charge in [0.25, 0.3) is 5.84 Å². The highest BCUT2D eigenvalue weighted by Gasteiger charge is 2.57. The van der Waals surface area contributed by atoms with Crippen LogP contribution in [0.25, 0.3) is 0 Å². The minimum Gasteiger partial charge on any atom is -0.444 e. The summed E-state index contributed by atoms with van der Waals surface area (Å²) in [4.78, 5) is 29.0. The Bertz CT molecular complexity index is 1310. The molecule has 1 saturated carbocycles. The normalized spacial score (nSPS) is 25.8. The first-order valence-electron chi connectivity index (χ1n) is 13.2. The maximum Gasteiger partial charge on any atom is 0.453 e. The predicted octanol–water partition coefficient (Wildman–Crippen LogP) is 5.70. The third-order valence-electron chi connectivity index (χ3n) is 7.67. The molecule has 2 aromatic carbocycles. The van der Waals surface area contributed by atoms with Gasteiger partial charge in [-0.25, -0.2) is 9.80 Å². The highest BCUT2D eigenvalue weighted by molar-refractivity contribution is 6.01. The van der Waals surface area contributed by atoms with Crippen LogP contribution in [0.3, 0.4) is 0 Å². The van der Waals surface area contributed by atoms with Gasteiger partial charge < -0.3 is 9.64 Å². The van der Waals surface area contributed by atoms with Crippen molar-refractivity contribution in [1.82, 2.24) is 15.7 Å². The smallest absolute Gasteiger partial charge is 0.444 e. The van der Waals surface area contributed by atoms with Gasteiger partial charge in [0.2, 0.25) is 0 Å². The highest BCUT2D eigenvalue weighted by atomic mass is 19.4. The molecule has 3 unspecified atom stereocenters. The van der Waals surface area contributed by atoms with Crippen LogP contribution in [0.15, 0.2) is 59.7 Å². The van der Waals surface area contributed by atoms with Crippen molar-refractivity contribution in [3.63, 3.8) is 0 Å². The number of amides is 1. The summed E-state index contributed by atoms with van der Waals surface area (Å²) >= 11 is 0. The number of carbonyl (C=O) groups is 2. The van der Waals surface area contributed by atoms with Crippen molar-refractivity contribution >= 4 is 23.4 Å². The van der Waals surface area contributed by atoms with Crippen molar-refractivity contribution in [2.24, 2.45) is 10.5 Å². The van der Waals surface area contributed by atoms with Crippen LogP contribution >= 0.6 is 0 Å². The summed E-state index contributed by atoms with van der Waals surface area (Å²) in [5.41, 5.74) is 1.84. The number of alkyl halides is 3. The number of Topliss-reactive ketones (excluding diaryl/α,β-unsaturated/α-hetero) is 1. The number of ether oxygens (including phenoxy) is 1. The van der Waals surface area contributed by atoms with E-state index in [0.29, 0.717) is 36.4 Å². The van der Waals surface area contributed by atoms with Crippen molar-refractivity contribution in [3.8, 4) is 0 Å². The SMILES string of the molecule is CC(C)(C)OC(=O)N1CCCC2(CC(c3cccc(N4C(C(F)(F)F)=NNN4O)c3)CC2=O)C1c1ccccc1. The molecule has 0 aromatic heterocycles. The largest absolute Gasteiger partial charge is 0.453 e. The van der Waals surface area contributed by atoms with Gasteiger partial charge in [0, 0.05) is 18.2 Å². The topological polar surface area (TPSA) is 97.7 Å². The number of ketones is 1. The van der Waals surface area contributed by atoms with Crippen molar-refractivity contribution in [3.05, 3.63) is 65.7 Å². The van der Waals surface area contributed by atoms with Gasteiger partial charge in [-0.15, -0.1) is 5.10 Å². The van der Waals surface area contributed by atoms with Crippen LogP contribution in [-0.2, 0) is 9.53 Å². The van der Waals surface area contributed by atoms with Gasteiger partial charge in [-0.1, -0.05) is 42.5 Å². The number of nitrogens with one attached hydrogen (secondary N) is 1. The summed E-state index contributed by atoms with van der Waals surface area (Å²) in [7, 11) is 0. The molecular weight excluding hydrogens is 527 g/mol. The minimum absolute atomic E-state index is 0.00850.